The van der Waals surface area contributed by atoms with Gasteiger partial charge in [-0.15, -0.1) is 0 Å². The Balaban J connectivity index is 2.05. The van der Waals surface area contributed by atoms with Gasteiger partial charge in [-0.1, -0.05) is 27.5 Å². The summed E-state index contributed by atoms with van der Waals surface area (Å²) in [5.74, 6) is 0. The minimum Gasteiger partial charge on any atom is -0.390 e. The average molecular weight is 277 g/mol. The van der Waals surface area contributed by atoms with Crippen LogP contribution < -0.4 is 0 Å². The molecule has 14 heavy (non-hydrogen) atoms. The van der Waals surface area contributed by atoms with Crippen molar-refractivity contribution in [3.8, 4) is 0 Å². The van der Waals surface area contributed by atoms with Crippen LogP contribution in [0.4, 0.5) is 0 Å². The second-order valence-corrected chi connectivity index (χ2v) is 4.91. The summed E-state index contributed by atoms with van der Waals surface area (Å²) in [4.78, 5) is 2.16. The quantitative estimate of drug-likeness (QED) is 0.896. The Hall–Kier alpha value is -0.0900. The van der Waals surface area contributed by atoms with Crippen LogP contribution in [-0.4, -0.2) is 29.2 Å². The fourth-order valence-electron chi connectivity index (χ4n) is 1.58. The number of hydrogen-bond acceptors (Lipinski definition) is 2. The highest BCUT2D eigenvalue weighted by Crippen LogP contribution is 2.23. The highest BCUT2D eigenvalue weighted by Gasteiger charge is 2.24. The lowest BCUT2D eigenvalue weighted by atomic mass is 10.1. The van der Waals surface area contributed by atoms with Gasteiger partial charge >= 0.3 is 0 Å². The first-order chi connectivity index (χ1) is 6.65. The van der Waals surface area contributed by atoms with Gasteiger partial charge in [0.2, 0.25) is 0 Å². The summed E-state index contributed by atoms with van der Waals surface area (Å²) in [6.45, 7) is 2.32. The van der Waals surface area contributed by atoms with Gasteiger partial charge in [0.15, 0.2) is 0 Å². The molecule has 0 aliphatic carbocycles. The molecule has 1 fully saturated rings. The first-order valence-corrected chi connectivity index (χ1v) is 5.66. The van der Waals surface area contributed by atoms with E-state index in [1.807, 2.05) is 18.2 Å². The minimum absolute atomic E-state index is 0.152. The molecule has 0 radical (unpaired) electrons. The normalized spacial score (nSPS) is 18.2. The van der Waals surface area contributed by atoms with Crippen LogP contribution in [0.2, 0.25) is 5.02 Å². The van der Waals surface area contributed by atoms with Crippen molar-refractivity contribution < 1.29 is 5.11 Å². The first kappa shape index (κ1) is 10.4. The van der Waals surface area contributed by atoms with Crippen LogP contribution in [0.5, 0.6) is 0 Å². The standard InChI is InChI=1S/C10H11BrClNO/c11-8-1-2-10(12)7(3-8)4-13-5-9(14)6-13/h1-3,9,14H,4-6H2. The Morgan fingerprint density at radius 3 is 2.86 bits per heavy atom. The van der Waals surface area contributed by atoms with Crippen LogP contribution in [0, 0.1) is 0 Å². The van der Waals surface area contributed by atoms with Gasteiger partial charge in [0.05, 0.1) is 6.10 Å². The highest BCUT2D eigenvalue weighted by molar-refractivity contribution is 9.10. The number of benzene rings is 1. The van der Waals surface area contributed by atoms with E-state index in [1.54, 1.807) is 0 Å². The maximum Gasteiger partial charge on any atom is 0.0794 e. The van der Waals surface area contributed by atoms with Crippen molar-refractivity contribution in [1.82, 2.24) is 4.90 Å². The van der Waals surface area contributed by atoms with E-state index in [9.17, 15) is 0 Å². The zero-order chi connectivity index (χ0) is 10.1. The SMILES string of the molecule is OC1CN(Cc2cc(Br)ccc2Cl)C1. The van der Waals surface area contributed by atoms with Crippen molar-refractivity contribution in [2.75, 3.05) is 13.1 Å². The number of β-amino-alcohol motifs (C(OH)–C–C–N with tert-alkyl or cyclic N) is 1. The van der Waals surface area contributed by atoms with Gasteiger partial charge in [-0.3, -0.25) is 4.90 Å². The van der Waals surface area contributed by atoms with Crippen molar-refractivity contribution >= 4 is 27.5 Å². The van der Waals surface area contributed by atoms with E-state index in [1.165, 1.54) is 0 Å². The van der Waals surface area contributed by atoms with E-state index in [0.29, 0.717) is 0 Å². The molecule has 0 aromatic heterocycles. The summed E-state index contributed by atoms with van der Waals surface area (Å²) in [6.07, 6.45) is -0.152. The van der Waals surface area contributed by atoms with Gasteiger partial charge in [-0.25, -0.2) is 0 Å². The molecule has 76 valence electrons. The zero-order valence-electron chi connectivity index (χ0n) is 7.58. The third kappa shape index (κ3) is 2.28. The summed E-state index contributed by atoms with van der Waals surface area (Å²) in [7, 11) is 0. The molecule has 1 aromatic carbocycles. The lowest BCUT2D eigenvalue weighted by Gasteiger charge is -2.36. The molecular formula is C10H11BrClNO. The molecule has 0 saturated carbocycles. The highest BCUT2D eigenvalue weighted by atomic mass is 79.9. The average Bonchev–Trinajstić information content (AvgIpc) is 2.09. The predicted molar refractivity (Wildman–Crippen MR) is 60.4 cm³/mol. The van der Waals surface area contributed by atoms with Gasteiger partial charge < -0.3 is 5.11 Å². The van der Waals surface area contributed by atoms with E-state index >= 15 is 0 Å². The Labute approximate surface area is 96.6 Å². The van der Waals surface area contributed by atoms with Crippen LogP contribution in [-0.2, 0) is 6.54 Å². The number of halogens is 2. The molecule has 0 spiro atoms. The molecule has 1 saturated heterocycles. The van der Waals surface area contributed by atoms with Gasteiger partial charge in [0, 0.05) is 29.1 Å². The number of hydrogen-bond donors (Lipinski definition) is 1. The molecular weight excluding hydrogens is 265 g/mol. The topological polar surface area (TPSA) is 23.5 Å². The molecule has 1 N–H and O–H groups in total. The van der Waals surface area contributed by atoms with Gasteiger partial charge in [-0.2, -0.15) is 0 Å². The number of rotatable bonds is 2. The molecule has 0 atom stereocenters. The van der Waals surface area contributed by atoms with Crippen molar-refractivity contribution in [2.24, 2.45) is 0 Å². The van der Waals surface area contributed by atoms with E-state index in [0.717, 1.165) is 34.7 Å². The summed E-state index contributed by atoms with van der Waals surface area (Å²) < 4.78 is 1.04. The maximum atomic E-state index is 9.14. The summed E-state index contributed by atoms with van der Waals surface area (Å²) in [5.41, 5.74) is 1.10. The van der Waals surface area contributed by atoms with Crippen LogP contribution in [0.25, 0.3) is 0 Å². The smallest absolute Gasteiger partial charge is 0.0794 e. The Morgan fingerprint density at radius 1 is 1.50 bits per heavy atom. The van der Waals surface area contributed by atoms with Crippen LogP contribution >= 0.6 is 27.5 Å². The van der Waals surface area contributed by atoms with Gasteiger partial charge in [0.25, 0.3) is 0 Å². The van der Waals surface area contributed by atoms with Crippen LogP contribution in [0.3, 0.4) is 0 Å². The lowest BCUT2D eigenvalue weighted by Crippen LogP contribution is -2.49. The largest absolute Gasteiger partial charge is 0.390 e. The molecule has 0 amide bonds. The van der Waals surface area contributed by atoms with Gasteiger partial charge in [-0.05, 0) is 23.8 Å². The number of aliphatic hydroxyl groups is 1. The van der Waals surface area contributed by atoms with Crippen molar-refractivity contribution in [1.29, 1.82) is 0 Å². The van der Waals surface area contributed by atoms with Crippen molar-refractivity contribution in [3.63, 3.8) is 0 Å². The summed E-state index contributed by atoms with van der Waals surface area (Å²) in [5, 5.41) is 9.92. The zero-order valence-corrected chi connectivity index (χ0v) is 9.92. The molecule has 1 aliphatic rings. The molecule has 1 aliphatic heterocycles. The lowest BCUT2D eigenvalue weighted by molar-refractivity contribution is -0.00285. The third-order valence-electron chi connectivity index (χ3n) is 2.34. The molecule has 4 heteroatoms. The van der Waals surface area contributed by atoms with Crippen molar-refractivity contribution in [3.05, 3.63) is 33.3 Å². The number of nitrogens with zero attached hydrogens (tertiary/aromatic N) is 1. The molecule has 0 unspecified atom stereocenters. The number of likely N-dealkylation sites (tertiary alicyclic amines) is 1. The van der Waals surface area contributed by atoms with Crippen LogP contribution in [0.15, 0.2) is 22.7 Å². The molecule has 1 heterocycles. The Kier molecular flexibility index (Phi) is 3.12. The molecule has 2 rings (SSSR count). The third-order valence-corrected chi connectivity index (χ3v) is 3.20. The van der Waals surface area contributed by atoms with E-state index in [4.69, 9.17) is 16.7 Å². The maximum absolute atomic E-state index is 9.14. The van der Waals surface area contributed by atoms with E-state index in [-0.39, 0.29) is 6.10 Å². The second kappa shape index (κ2) is 4.19. The second-order valence-electron chi connectivity index (χ2n) is 3.58. The van der Waals surface area contributed by atoms with Gasteiger partial charge in [0.1, 0.15) is 0 Å². The Morgan fingerprint density at radius 2 is 2.21 bits per heavy atom. The predicted octanol–water partition coefficient (Wildman–Crippen LogP) is 2.28. The minimum atomic E-state index is -0.152. The fraction of sp³-hybridized carbons (Fsp3) is 0.400. The monoisotopic (exact) mass is 275 g/mol. The van der Waals surface area contributed by atoms with E-state index < -0.39 is 0 Å². The Bertz CT molecular complexity index is 339. The van der Waals surface area contributed by atoms with Crippen LogP contribution in [0.1, 0.15) is 5.56 Å². The molecule has 1 aromatic rings. The van der Waals surface area contributed by atoms with Crippen molar-refractivity contribution in [2.45, 2.75) is 12.6 Å². The first-order valence-electron chi connectivity index (χ1n) is 4.49. The molecule has 2 nitrogen and oxygen atoms in total. The fourth-order valence-corrected chi connectivity index (χ4v) is 2.16. The summed E-state index contributed by atoms with van der Waals surface area (Å²) >= 11 is 9.46. The van der Waals surface area contributed by atoms with E-state index in [2.05, 4.69) is 20.8 Å². The summed E-state index contributed by atoms with van der Waals surface area (Å²) in [6, 6.07) is 5.83. The number of aliphatic hydroxyl groups excluding tert-OH is 1. The molecule has 0 bridgehead atoms.